The molecular formula is C11H16O. The van der Waals surface area contributed by atoms with Gasteiger partial charge in [-0.25, -0.2) is 0 Å². The standard InChI is InChI=1S/C11H16O/c1-4-9(3)10-6-5-8(2)7-11(10)12/h5-7,9,12H,4H2,1-3H3/t9-/m0/s1. The fourth-order valence-electron chi connectivity index (χ4n) is 1.29. The molecule has 1 rings (SSSR count). The first-order valence-corrected chi connectivity index (χ1v) is 4.44. The van der Waals surface area contributed by atoms with Gasteiger partial charge in [0.25, 0.3) is 0 Å². The summed E-state index contributed by atoms with van der Waals surface area (Å²) in [4.78, 5) is 0. The van der Waals surface area contributed by atoms with Crippen LogP contribution in [0.1, 0.15) is 37.3 Å². The number of benzene rings is 1. The number of hydrogen-bond acceptors (Lipinski definition) is 1. The van der Waals surface area contributed by atoms with Crippen molar-refractivity contribution in [1.29, 1.82) is 0 Å². The number of phenolic OH excluding ortho intramolecular Hbond substituents is 1. The first-order chi connectivity index (χ1) is 5.65. The Kier molecular flexibility index (Phi) is 2.74. The largest absolute Gasteiger partial charge is 0.508 e. The average molecular weight is 164 g/mol. The van der Waals surface area contributed by atoms with Crippen molar-refractivity contribution in [3.05, 3.63) is 29.3 Å². The Bertz CT molecular complexity index is 266. The zero-order chi connectivity index (χ0) is 9.14. The van der Waals surface area contributed by atoms with Crippen molar-refractivity contribution >= 4 is 0 Å². The minimum absolute atomic E-state index is 0.435. The zero-order valence-corrected chi connectivity index (χ0v) is 7.96. The summed E-state index contributed by atoms with van der Waals surface area (Å²) in [6.45, 7) is 6.24. The molecule has 0 bridgehead atoms. The van der Waals surface area contributed by atoms with E-state index >= 15 is 0 Å². The van der Waals surface area contributed by atoms with Crippen molar-refractivity contribution in [1.82, 2.24) is 0 Å². The molecule has 0 aromatic heterocycles. The molecule has 0 amide bonds. The predicted octanol–water partition coefficient (Wildman–Crippen LogP) is 3.21. The first-order valence-electron chi connectivity index (χ1n) is 4.44. The normalized spacial score (nSPS) is 12.9. The third kappa shape index (κ3) is 1.79. The van der Waals surface area contributed by atoms with E-state index in [1.54, 1.807) is 0 Å². The van der Waals surface area contributed by atoms with Gasteiger partial charge in [0.2, 0.25) is 0 Å². The summed E-state index contributed by atoms with van der Waals surface area (Å²) >= 11 is 0. The summed E-state index contributed by atoms with van der Waals surface area (Å²) in [5.41, 5.74) is 2.17. The van der Waals surface area contributed by atoms with Crippen LogP contribution in [0.2, 0.25) is 0 Å². The van der Waals surface area contributed by atoms with Gasteiger partial charge in [-0.3, -0.25) is 0 Å². The maximum absolute atomic E-state index is 9.59. The molecule has 0 saturated carbocycles. The lowest BCUT2D eigenvalue weighted by Gasteiger charge is -2.11. The molecule has 0 heterocycles. The molecule has 0 aliphatic heterocycles. The van der Waals surface area contributed by atoms with E-state index in [-0.39, 0.29) is 0 Å². The van der Waals surface area contributed by atoms with Crippen LogP contribution in [0.4, 0.5) is 0 Å². The van der Waals surface area contributed by atoms with Crippen molar-refractivity contribution in [2.24, 2.45) is 0 Å². The molecule has 1 aromatic carbocycles. The molecule has 0 fully saturated rings. The maximum atomic E-state index is 9.59. The van der Waals surface area contributed by atoms with Crippen LogP contribution in [-0.4, -0.2) is 5.11 Å². The summed E-state index contributed by atoms with van der Waals surface area (Å²) in [6, 6.07) is 5.88. The second kappa shape index (κ2) is 3.61. The Morgan fingerprint density at radius 2 is 2.08 bits per heavy atom. The van der Waals surface area contributed by atoms with Crippen LogP contribution in [0.5, 0.6) is 5.75 Å². The van der Waals surface area contributed by atoms with Crippen LogP contribution in [0.25, 0.3) is 0 Å². The van der Waals surface area contributed by atoms with Gasteiger partial charge in [0.05, 0.1) is 0 Å². The quantitative estimate of drug-likeness (QED) is 0.711. The monoisotopic (exact) mass is 164 g/mol. The fourth-order valence-corrected chi connectivity index (χ4v) is 1.29. The molecule has 1 aromatic rings. The molecule has 66 valence electrons. The van der Waals surface area contributed by atoms with E-state index in [4.69, 9.17) is 0 Å². The highest BCUT2D eigenvalue weighted by Gasteiger charge is 2.07. The lowest BCUT2D eigenvalue weighted by atomic mass is 9.97. The number of hydrogen-bond donors (Lipinski definition) is 1. The van der Waals surface area contributed by atoms with E-state index in [0.717, 1.165) is 17.5 Å². The van der Waals surface area contributed by atoms with Crippen LogP contribution in [0.3, 0.4) is 0 Å². The van der Waals surface area contributed by atoms with Crippen molar-refractivity contribution in [2.45, 2.75) is 33.1 Å². The van der Waals surface area contributed by atoms with E-state index in [1.807, 2.05) is 25.1 Å². The van der Waals surface area contributed by atoms with Gasteiger partial charge in [0.15, 0.2) is 0 Å². The summed E-state index contributed by atoms with van der Waals surface area (Å²) in [7, 11) is 0. The molecule has 0 radical (unpaired) electrons. The van der Waals surface area contributed by atoms with Crippen molar-refractivity contribution in [2.75, 3.05) is 0 Å². The third-order valence-corrected chi connectivity index (χ3v) is 2.33. The number of rotatable bonds is 2. The van der Waals surface area contributed by atoms with E-state index in [2.05, 4.69) is 13.8 Å². The van der Waals surface area contributed by atoms with Crippen LogP contribution in [-0.2, 0) is 0 Å². The Labute approximate surface area is 74.1 Å². The lowest BCUT2D eigenvalue weighted by Crippen LogP contribution is -1.91. The lowest BCUT2D eigenvalue weighted by molar-refractivity contribution is 0.461. The van der Waals surface area contributed by atoms with Crippen molar-refractivity contribution in [3.8, 4) is 5.75 Å². The van der Waals surface area contributed by atoms with Crippen molar-refractivity contribution in [3.63, 3.8) is 0 Å². The number of aryl methyl sites for hydroxylation is 1. The SMILES string of the molecule is CC[C@H](C)c1ccc(C)cc1O. The predicted molar refractivity (Wildman–Crippen MR) is 51.5 cm³/mol. The van der Waals surface area contributed by atoms with Crippen LogP contribution in [0.15, 0.2) is 18.2 Å². The number of phenols is 1. The Balaban J connectivity index is 3.01. The molecule has 0 saturated heterocycles. The van der Waals surface area contributed by atoms with Gasteiger partial charge >= 0.3 is 0 Å². The fraction of sp³-hybridized carbons (Fsp3) is 0.455. The molecule has 0 aliphatic rings. The van der Waals surface area contributed by atoms with Gasteiger partial charge < -0.3 is 5.11 Å². The van der Waals surface area contributed by atoms with E-state index in [0.29, 0.717) is 11.7 Å². The van der Waals surface area contributed by atoms with E-state index in [1.165, 1.54) is 0 Å². The van der Waals surface area contributed by atoms with E-state index in [9.17, 15) is 5.11 Å². The molecule has 1 heteroatoms. The summed E-state index contributed by atoms with van der Waals surface area (Å²) in [5.74, 6) is 0.884. The van der Waals surface area contributed by atoms with Crippen LogP contribution >= 0.6 is 0 Å². The highest BCUT2D eigenvalue weighted by Crippen LogP contribution is 2.28. The highest BCUT2D eigenvalue weighted by molar-refractivity contribution is 5.37. The summed E-state index contributed by atoms with van der Waals surface area (Å²) < 4.78 is 0. The molecule has 1 nitrogen and oxygen atoms in total. The second-order valence-corrected chi connectivity index (χ2v) is 3.37. The third-order valence-electron chi connectivity index (χ3n) is 2.33. The Hall–Kier alpha value is -0.980. The highest BCUT2D eigenvalue weighted by atomic mass is 16.3. The summed E-state index contributed by atoms with van der Waals surface area (Å²) in [6.07, 6.45) is 1.07. The van der Waals surface area contributed by atoms with Gasteiger partial charge in [0.1, 0.15) is 5.75 Å². The molecule has 0 spiro atoms. The molecule has 0 aliphatic carbocycles. The van der Waals surface area contributed by atoms with Gasteiger partial charge in [0, 0.05) is 0 Å². The van der Waals surface area contributed by atoms with Gasteiger partial charge in [-0.1, -0.05) is 26.0 Å². The average Bonchev–Trinajstić information content (AvgIpc) is 2.03. The molecule has 1 N–H and O–H groups in total. The minimum Gasteiger partial charge on any atom is -0.508 e. The molecule has 0 unspecified atom stereocenters. The minimum atomic E-state index is 0.435. The smallest absolute Gasteiger partial charge is 0.119 e. The van der Waals surface area contributed by atoms with Gasteiger partial charge in [-0.05, 0) is 36.5 Å². The molecule has 1 atom stereocenters. The van der Waals surface area contributed by atoms with Crippen molar-refractivity contribution < 1.29 is 5.11 Å². The van der Waals surface area contributed by atoms with Gasteiger partial charge in [-0.15, -0.1) is 0 Å². The Morgan fingerprint density at radius 1 is 1.42 bits per heavy atom. The molecule has 12 heavy (non-hydrogen) atoms. The zero-order valence-electron chi connectivity index (χ0n) is 7.96. The first kappa shape index (κ1) is 9.11. The topological polar surface area (TPSA) is 20.2 Å². The molecular weight excluding hydrogens is 148 g/mol. The number of aromatic hydroxyl groups is 1. The summed E-state index contributed by atoms with van der Waals surface area (Å²) in [5, 5.41) is 9.59. The van der Waals surface area contributed by atoms with E-state index < -0.39 is 0 Å². The second-order valence-electron chi connectivity index (χ2n) is 3.37. The van der Waals surface area contributed by atoms with Gasteiger partial charge in [-0.2, -0.15) is 0 Å². The Morgan fingerprint density at radius 3 is 2.58 bits per heavy atom. The maximum Gasteiger partial charge on any atom is 0.119 e. The van der Waals surface area contributed by atoms with Crippen LogP contribution < -0.4 is 0 Å². The van der Waals surface area contributed by atoms with Crippen LogP contribution in [0, 0.1) is 6.92 Å².